The van der Waals surface area contributed by atoms with Crippen LogP contribution in [0.1, 0.15) is 11.3 Å². The van der Waals surface area contributed by atoms with E-state index in [4.69, 9.17) is 21.3 Å². The van der Waals surface area contributed by atoms with Gasteiger partial charge in [-0.05, 0) is 29.8 Å². The number of nitrogens with zero attached hydrogens (tertiary/aromatic N) is 3. The summed E-state index contributed by atoms with van der Waals surface area (Å²) in [6.45, 7) is 4.27. The highest BCUT2D eigenvalue weighted by Crippen LogP contribution is 2.39. The number of halogens is 3. The van der Waals surface area contributed by atoms with Crippen LogP contribution in [0.15, 0.2) is 36.4 Å². The molecule has 1 fully saturated rings. The predicted molar refractivity (Wildman–Crippen MR) is 103 cm³/mol. The summed E-state index contributed by atoms with van der Waals surface area (Å²) in [5.74, 6) is -0.425. The highest BCUT2D eigenvalue weighted by molar-refractivity contribution is 6.30. The molecule has 0 spiro atoms. The van der Waals surface area contributed by atoms with Crippen molar-refractivity contribution < 1.29 is 13.5 Å². The van der Waals surface area contributed by atoms with Gasteiger partial charge < -0.3 is 9.30 Å². The molecule has 5 rings (SSSR count). The molecule has 1 saturated heterocycles. The quantitative estimate of drug-likeness (QED) is 0.511. The molecule has 0 N–H and O–H groups in total. The maximum absolute atomic E-state index is 14.6. The highest BCUT2D eigenvalue weighted by Gasteiger charge is 2.29. The molecule has 0 amide bonds. The number of rotatable bonds is 3. The first-order valence-electron chi connectivity index (χ1n) is 9.24. The number of imidazole rings is 1. The van der Waals surface area contributed by atoms with E-state index in [0.29, 0.717) is 42.6 Å². The topological polar surface area (TPSA) is 30.3 Å². The minimum absolute atomic E-state index is 0.315. The van der Waals surface area contributed by atoms with E-state index >= 15 is 0 Å². The fourth-order valence-electron chi connectivity index (χ4n) is 3.96. The molecule has 0 radical (unpaired) electrons. The Kier molecular flexibility index (Phi) is 4.42. The molecule has 0 unspecified atom stereocenters. The molecule has 0 saturated carbocycles. The summed E-state index contributed by atoms with van der Waals surface area (Å²) in [6.07, 6.45) is 0. The summed E-state index contributed by atoms with van der Waals surface area (Å²) in [5.41, 5.74) is 3.90. The lowest BCUT2D eigenvalue weighted by Gasteiger charge is -2.27. The zero-order chi connectivity index (χ0) is 19.3. The SMILES string of the molecule is Fc1ccc(-c2nc3n(c2CN2CCOCC2)Cc2ccc(Cl)cc2-3)c(F)c1. The standard InChI is InChI=1S/C21H18ClF2N3O/c22-14-2-1-13-11-27-19(12-26-5-7-28-8-6-26)20(25-21(27)17(13)9-14)16-4-3-15(23)10-18(16)24/h1-4,9-10H,5-8,11-12H2. The van der Waals surface area contributed by atoms with Gasteiger partial charge in [-0.25, -0.2) is 13.8 Å². The van der Waals surface area contributed by atoms with Gasteiger partial charge in [-0.3, -0.25) is 4.90 Å². The second-order valence-electron chi connectivity index (χ2n) is 7.13. The number of hydrogen-bond donors (Lipinski definition) is 0. The molecule has 0 atom stereocenters. The summed E-state index contributed by atoms with van der Waals surface area (Å²) >= 11 is 6.19. The van der Waals surface area contributed by atoms with Crippen molar-refractivity contribution in [3.8, 4) is 22.6 Å². The molecule has 2 aromatic carbocycles. The zero-order valence-electron chi connectivity index (χ0n) is 15.1. The van der Waals surface area contributed by atoms with Gasteiger partial charge in [0.1, 0.15) is 17.5 Å². The number of aromatic nitrogens is 2. The lowest BCUT2D eigenvalue weighted by Crippen LogP contribution is -2.36. The lowest BCUT2D eigenvalue weighted by atomic mass is 10.1. The Balaban J connectivity index is 1.65. The minimum Gasteiger partial charge on any atom is -0.379 e. The van der Waals surface area contributed by atoms with E-state index in [2.05, 4.69) is 9.47 Å². The predicted octanol–water partition coefficient (Wildman–Crippen LogP) is 4.34. The Bertz CT molecular complexity index is 1060. The second kappa shape index (κ2) is 6.95. The van der Waals surface area contributed by atoms with Crippen LogP contribution < -0.4 is 0 Å². The molecular formula is C21H18ClF2N3O. The third-order valence-corrected chi connectivity index (χ3v) is 5.61. The molecule has 3 heterocycles. The van der Waals surface area contributed by atoms with Crippen LogP contribution in [0.2, 0.25) is 5.02 Å². The number of morpholine rings is 1. The smallest absolute Gasteiger partial charge is 0.141 e. The van der Waals surface area contributed by atoms with Gasteiger partial charge in [0.2, 0.25) is 0 Å². The molecule has 0 aliphatic carbocycles. The first-order valence-corrected chi connectivity index (χ1v) is 9.61. The van der Waals surface area contributed by atoms with E-state index in [9.17, 15) is 8.78 Å². The molecule has 4 nitrogen and oxygen atoms in total. The third kappa shape index (κ3) is 3.02. The van der Waals surface area contributed by atoms with Gasteiger partial charge >= 0.3 is 0 Å². The van der Waals surface area contributed by atoms with E-state index in [1.165, 1.54) is 12.1 Å². The van der Waals surface area contributed by atoms with Crippen LogP contribution in [-0.2, 0) is 17.8 Å². The van der Waals surface area contributed by atoms with Crippen molar-refractivity contribution >= 4 is 11.6 Å². The third-order valence-electron chi connectivity index (χ3n) is 5.38. The van der Waals surface area contributed by atoms with Gasteiger partial charge in [0.25, 0.3) is 0 Å². The fourth-order valence-corrected chi connectivity index (χ4v) is 4.13. The summed E-state index contributed by atoms with van der Waals surface area (Å²) in [6, 6.07) is 9.41. The Morgan fingerprint density at radius 3 is 2.64 bits per heavy atom. The van der Waals surface area contributed by atoms with Crippen LogP contribution in [0.3, 0.4) is 0 Å². The van der Waals surface area contributed by atoms with Crippen LogP contribution in [0.25, 0.3) is 22.6 Å². The van der Waals surface area contributed by atoms with Crippen LogP contribution >= 0.6 is 11.6 Å². The van der Waals surface area contributed by atoms with E-state index in [0.717, 1.165) is 41.8 Å². The molecule has 28 heavy (non-hydrogen) atoms. The van der Waals surface area contributed by atoms with Crippen molar-refractivity contribution in [3.05, 3.63) is 64.3 Å². The number of fused-ring (bicyclic) bond motifs is 3. The summed E-state index contributed by atoms with van der Waals surface area (Å²) in [4.78, 5) is 7.06. The number of hydrogen-bond acceptors (Lipinski definition) is 3. The molecule has 7 heteroatoms. The van der Waals surface area contributed by atoms with Crippen molar-refractivity contribution in [1.29, 1.82) is 0 Å². The van der Waals surface area contributed by atoms with E-state index in [1.807, 2.05) is 18.2 Å². The Morgan fingerprint density at radius 2 is 1.86 bits per heavy atom. The van der Waals surface area contributed by atoms with Gasteiger partial charge in [-0.1, -0.05) is 17.7 Å². The minimum atomic E-state index is -0.605. The first kappa shape index (κ1) is 17.8. The van der Waals surface area contributed by atoms with E-state index < -0.39 is 11.6 Å². The van der Waals surface area contributed by atoms with Crippen molar-refractivity contribution in [1.82, 2.24) is 14.5 Å². The van der Waals surface area contributed by atoms with Gasteiger partial charge in [-0.2, -0.15) is 0 Å². The average molecular weight is 402 g/mol. The van der Waals surface area contributed by atoms with E-state index in [1.54, 1.807) is 0 Å². The maximum Gasteiger partial charge on any atom is 0.141 e. The van der Waals surface area contributed by atoms with Crippen molar-refractivity contribution in [2.24, 2.45) is 0 Å². The molecule has 3 aromatic rings. The summed E-state index contributed by atoms with van der Waals surface area (Å²) < 4.78 is 35.6. The first-order chi connectivity index (χ1) is 13.6. The van der Waals surface area contributed by atoms with Gasteiger partial charge in [0.05, 0.1) is 31.1 Å². The molecule has 2 aliphatic heterocycles. The van der Waals surface area contributed by atoms with Crippen LogP contribution in [0, 0.1) is 11.6 Å². The summed E-state index contributed by atoms with van der Waals surface area (Å²) in [5, 5.41) is 0.638. The summed E-state index contributed by atoms with van der Waals surface area (Å²) in [7, 11) is 0. The number of benzene rings is 2. The second-order valence-corrected chi connectivity index (χ2v) is 7.57. The van der Waals surface area contributed by atoms with Gasteiger partial charge in [-0.15, -0.1) is 0 Å². The van der Waals surface area contributed by atoms with Crippen LogP contribution in [-0.4, -0.2) is 40.8 Å². The monoisotopic (exact) mass is 401 g/mol. The Labute approximate surface area is 166 Å². The van der Waals surface area contributed by atoms with Crippen LogP contribution in [0.4, 0.5) is 8.78 Å². The average Bonchev–Trinajstić information content (AvgIpc) is 3.20. The maximum atomic E-state index is 14.6. The Morgan fingerprint density at radius 1 is 1.04 bits per heavy atom. The van der Waals surface area contributed by atoms with Gasteiger partial charge in [0.15, 0.2) is 0 Å². The molecule has 0 bridgehead atoms. The van der Waals surface area contributed by atoms with Crippen LogP contribution in [0.5, 0.6) is 0 Å². The molecule has 1 aromatic heterocycles. The van der Waals surface area contributed by atoms with Crippen molar-refractivity contribution in [2.45, 2.75) is 13.1 Å². The number of ether oxygens (including phenoxy) is 1. The Hall–Kier alpha value is -2.28. The highest BCUT2D eigenvalue weighted by atomic mass is 35.5. The van der Waals surface area contributed by atoms with Gasteiger partial charge in [0, 0.05) is 41.9 Å². The largest absolute Gasteiger partial charge is 0.379 e. The normalized spacial score (nSPS) is 16.2. The van der Waals surface area contributed by atoms with Crippen molar-refractivity contribution in [3.63, 3.8) is 0 Å². The fraction of sp³-hybridized carbons (Fsp3) is 0.286. The molecule has 2 aliphatic rings. The molecular weight excluding hydrogens is 384 g/mol. The zero-order valence-corrected chi connectivity index (χ0v) is 15.8. The van der Waals surface area contributed by atoms with E-state index in [-0.39, 0.29) is 0 Å². The molecule has 144 valence electrons. The lowest BCUT2D eigenvalue weighted by molar-refractivity contribution is 0.0333. The van der Waals surface area contributed by atoms with Crippen molar-refractivity contribution in [2.75, 3.05) is 26.3 Å².